The maximum Gasteiger partial charge on any atom is 0.0480 e. The first-order valence-electron chi connectivity index (χ1n) is 7.10. The van der Waals surface area contributed by atoms with Crippen molar-refractivity contribution < 1.29 is 5.11 Å². The summed E-state index contributed by atoms with van der Waals surface area (Å²) in [5, 5.41) is 9.79. The minimum atomic E-state index is 0.320. The lowest BCUT2D eigenvalue weighted by Gasteiger charge is -2.42. The van der Waals surface area contributed by atoms with Crippen molar-refractivity contribution in [2.45, 2.75) is 44.2 Å². The van der Waals surface area contributed by atoms with Crippen LogP contribution in [0.4, 0.5) is 0 Å². The molecule has 2 heterocycles. The Morgan fingerprint density at radius 2 is 1.94 bits per heavy atom. The predicted molar refractivity (Wildman–Crippen MR) is 73.7 cm³/mol. The lowest BCUT2D eigenvalue weighted by atomic mass is 9.76. The zero-order valence-corrected chi connectivity index (χ0v) is 11.3. The highest BCUT2D eigenvalue weighted by molar-refractivity contribution is 5.27. The van der Waals surface area contributed by atoms with Crippen molar-refractivity contribution in [1.29, 1.82) is 0 Å². The molecule has 1 aromatic carbocycles. The largest absolute Gasteiger partial charge is 0.396 e. The van der Waals surface area contributed by atoms with E-state index in [2.05, 4.69) is 43.1 Å². The summed E-state index contributed by atoms with van der Waals surface area (Å²) in [4.78, 5) is 2.51. The van der Waals surface area contributed by atoms with Crippen LogP contribution in [0, 0.1) is 12.8 Å². The van der Waals surface area contributed by atoms with Gasteiger partial charge in [-0.2, -0.15) is 0 Å². The van der Waals surface area contributed by atoms with Gasteiger partial charge in [-0.1, -0.05) is 29.8 Å². The second-order valence-corrected chi connectivity index (χ2v) is 6.06. The van der Waals surface area contributed by atoms with Crippen molar-refractivity contribution in [3.63, 3.8) is 0 Å². The molecule has 0 radical (unpaired) electrons. The highest BCUT2D eigenvalue weighted by atomic mass is 16.3. The molecule has 2 aliphatic heterocycles. The van der Waals surface area contributed by atoms with Crippen LogP contribution < -0.4 is 0 Å². The Balaban J connectivity index is 1.89. The van der Waals surface area contributed by atoms with Crippen LogP contribution in [0.3, 0.4) is 0 Å². The van der Waals surface area contributed by atoms with Crippen LogP contribution >= 0.6 is 0 Å². The summed E-state index contributed by atoms with van der Waals surface area (Å²) in [6.45, 7) is 2.45. The summed E-state index contributed by atoms with van der Waals surface area (Å²) >= 11 is 0. The number of benzene rings is 1. The second-order valence-electron chi connectivity index (χ2n) is 6.06. The molecule has 1 aromatic rings. The number of rotatable bonds is 2. The van der Waals surface area contributed by atoms with Crippen LogP contribution in [0.15, 0.2) is 24.3 Å². The molecule has 4 atom stereocenters. The fourth-order valence-corrected chi connectivity index (χ4v) is 4.02. The molecule has 0 amide bonds. The minimum Gasteiger partial charge on any atom is -0.396 e. The van der Waals surface area contributed by atoms with Gasteiger partial charge in [0.15, 0.2) is 0 Å². The molecule has 18 heavy (non-hydrogen) atoms. The van der Waals surface area contributed by atoms with Crippen molar-refractivity contribution in [2.24, 2.45) is 5.92 Å². The van der Waals surface area contributed by atoms with Gasteiger partial charge in [-0.05, 0) is 44.7 Å². The number of fused-ring (bicyclic) bond motifs is 2. The smallest absolute Gasteiger partial charge is 0.0480 e. The van der Waals surface area contributed by atoms with E-state index >= 15 is 0 Å². The van der Waals surface area contributed by atoms with Gasteiger partial charge in [0, 0.05) is 24.6 Å². The zero-order valence-electron chi connectivity index (χ0n) is 11.3. The van der Waals surface area contributed by atoms with Crippen molar-refractivity contribution in [1.82, 2.24) is 4.90 Å². The molecule has 3 rings (SSSR count). The summed E-state index contributed by atoms with van der Waals surface area (Å²) in [6, 6.07) is 10.2. The summed E-state index contributed by atoms with van der Waals surface area (Å²) in [7, 11) is 2.23. The average Bonchev–Trinajstić information content (AvgIpc) is 2.63. The standard InChI is InChI=1S/C16H23NO/c1-11-3-5-12(6-4-11)14-9-13-7-8-16(17(13)2)15(14)10-18/h3-6,13-16,18H,7-10H2,1-2H3/t13-,14+,15+,16+/m0/s1. The van der Waals surface area contributed by atoms with E-state index < -0.39 is 0 Å². The normalized spacial score (nSPS) is 35.9. The molecule has 2 heteroatoms. The van der Waals surface area contributed by atoms with E-state index in [0.29, 0.717) is 24.5 Å². The van der Waals surface area contributed by atoms with E-state index in [9.17, 15) is 5.11 Å². The number of aryl methyl sites for hydroxylation is 1. The van der Waals surface area contributed by atoms with Gasteiger partial charge in [-0.3, -0.25) is 0 Å². The fourth-order valence-electron chi connectivity index (χ4n) is 4.02. The van der Waals surface area contributed by atoms with E-state index in [-0.39, 0.29) is 0 Å². The third kappa shape index (κ3) is 1.88. The predicted octanol–water partition coefficient (Wildman–Crippen LogP) is 2.55. The first-order chi connectivity index (χ1) is 8.70. The third-order valence-electron chi connectivity index (χ3n) is 5.15. The summed E-state index contributed by atoms with van der Waals surface area (Å²) in [5.41, 5.74) is 2.74. The molecule has 0 aliphatic carbocycles. The first-order valence-corrected chi connectivity index (χ1v) is 7.10. The van der Waals surface area contributed by atoms with Gasteiger partial charge in [0.25, 0.3) is 0 Å². The SMILES string of the molecule is Cc1ccc([C@H]2C[C@@H]3CC[C@H]([C@@H]2CO)N3C)cc1. The maximum absolute atomic E-state index is 9.79. The first kappa shape index (κ1) is 12.2. The van der Waals surface area contributed by atoms with Gasteiger partial charge >= 0.3 is 0 Å². The zero-order chi connectivity index (χ0) is 12.7. The van der Waals surface area contributed by atoms with E-state index in [1.807, 2.05) is 0 Å². The lowest BCUT2D eigenvalue weighted by Crippen LogP contribution is -2.47. The highest BCUT2D eigenvalue weighted by Crippen LogP contribution is 2.45. The van der Waals surface area contributed by atoms with Crippen molar-refractivity contribution >= 4 is 0 Å². The summed E-state index contributed by atoms with van der Waals surface area (Å²) < 4.78 is 0. The number of hydrogen-bond donors (Lipinski definition) is 1. The maximum atomic E-state index is 9.79. The summed E-state index contributed by atoms with van der Waals surface area (Å²) in [5.74, 6) is 0.959. The monoisotopic (exact) mass is 245 g/mol. The molecule has 2 saturated heterocycles. The van der Waals surface area contributed by atoms with E-state index in [1.54, 1.807) is 0 Å². The Labute approximate surface area is 110 Å². The Bertz CT molecular complexity index is 414. The van der Waals surface area contributed by atoms with Gasteiger partial charge in [0.2, 0.25) is 0 Å². The van der Waals surface area contributed by atoms with Crippen LogP contribution in [0.5, 0.6) is 0 Å². The van der Waals surface area contributed by atoms with Gasteiger partial charge in [-0.15, -0.1) is 0 Å². The summed E-state index contributed by atoms with van der Waals surface area (Å²) in [6.07, 6.45) is 3.77. The van der Waals surface area contributed by atoms with E-state index in [4.69, 9.17) is 0 Å². The van der Waals surface area contributed by atoms with Crippen LogP contribution in [0.25, 0.3) is 0 Å². The molecule has 2 fully saturated rings. The van der Waals surface area contributed by atoms with E-state index in [0.717, 1.165) is 6.04 Å². The van der Waals surface area contributed by atoms with E-state index in [1.165, 1.54) is 30.4 Å². The number of aliphatic hydroxyl groups excluding tert-OH is 1. The minimum absolute atomic E-state index is 0.320. The Morgan fingerprint density at radius 3 is 2.61 bits per heavy atom. The Hall–Kier alpha value is -0.860. The average molecular weight is 245 g/mol. The van der Waals surface area contributed by atoms with Crippen LogP contribution in [0.2, 0.25) is 0 Å². The Morgan fingerprint density at radius 1 is 1.22 bits per heavy atom. The van der Waals surface area contributed by atoms with Gasteiger partial charge in [-0.25, -0.2) is 0 Å². The topological polar surface area (TPSA) is 23.5 Å². The number of aliphatic hydroxyl groups is 1. The molecule has 0 saturated carbocycles. The molecule has 0 unspecified atom stereocenters. The number of piperidine rings is 1. The molecule has 1 N–H and O–H groups in total. The molecule has 0 aromatic heterocycles. The quantitative estimate of drug-likeness (QED) is 0.865. The highest BCUT2D eigenvalue weighted by Gasteiger charge is 2.45. The number of hydrogen-bond acceptors (Lipinski definition) is 2. The van der Waals surface area contributed by atoms with Gasteiger partial charge in [0.05, 0.1) is 0 Å². The van der Waals surface area contributed by atoms with Crippen LogP contribution in [0.1, 0.15) is 36.3 Å². The molecular weight excluding hydrogens is 222 g/mol. The van der Waals surface area contributed by atoms with Gasteiger partial charge in [0.1, 0.15) is 0 Å². The molecule has 2 nitrogen and oxygen atoms in total. The third-order valence-corrected chi connectivity index (χ3v) is 5.15. The molecule has 0 spiro atoms. The molecule has 98 valence electrons. The van der Waals surface area contributed by atoms with Crippen molar-refractivity contribution in [3.05, 3.63) is 35.4 Å². The lowest BCUT2D eigenvalue weighted by molar-refractivity contribution is 0.0592. The fraction of sp³-hybridized carbons (Fsp3) is 0.625. The van der Waals surface area contributed by atoms with Crippen molar-refractivity contribution in [3.8, 4) is 0 Å². The second kappa shape index (κ2) is 4.67. The van der Waals surface area contributed by atoms with Crippen molar-refractivity contribution in [2.75, 3.05) is 13.7 Å². The molecule has 2 aliphatic rings. The Kier molecular flexibility index (Phi) is 3.16. The number of nitrogens with zero attached hydrogens (tertiary/aromatic N) is 1. The van der Waals surface area contributed by atoms with Crippen LogP contribution in [-0.4, -0.2) is 35.7 Å². The van der Waals surface area contributed by atoms with Crippen LogP contribution in [-0.2, 0) is 0 Å². The molecule has 2 bridgehead atoms. The van der Waals surface area contributed by atoms with Gasteiger partial charge < -0.3 is 10.0 Å². The molecular formula is C16H23NO.